The second kappa shape index (κ2) is 15.0. The van der Waals surface area contributed by atoms with Gasteiger partial charge in [-0.2, -0.15) is 4.57 Å². The van der Waals surface area contributed by atoms with Crippen molar-refractivity contribution in [3.63, 3.8) is 0 Å². The molecule has 14 aromatic rings. The first-order valence-electron chi connectivity index (χ1n) is 28.5. The summed E-state index contributed by atoms with van der Waals surface area (Å²) in [6.45, 7) is 0. The number of aromatic nitrogens is 2. The molecule has 0 fully saturated rings. The summed E-state index contributed by atoms with van der Waals surface area (Å²) in [5, 5.41) is 17.4. The van der Waals surface area contributed by atoms with Crippen LogP contribution in [0, 0.1) is 0 Å². The van der Waals surface area contributed by atoms with Crippen molar-refractivity contribution in [2.45, 2.75) is 17.9 Å². The van der Waals surface area contributed by atoms with E-state index in [0.29, 0.717) is 0 Å². The molecule has 8 heterocycles. The maximum absolute atomic E-state index is 2.98. The third kappa shape index (κ3) is 5.10. The summed E-state index contributed by atoms with van der Waals surface area (Å²) in [6.07, 6.45) is 0. The monoisotopic (exact) mass is 1030 g/mol. The number of hydrogen-bond acceptors (Lipinski definition) is 0. The topological polar surface area (TPSA) is 15.9 Å². The van der Waals surface area contributed by atoms with E-state index in [9.17, 15) is 0 Å². The Hall–Kier alpha value is -10.4. The van der Waals surface area contributed by atoms with Crippen molar-refractivity contribution in [1.82, 2.24) is 9.13 Å². The molecular weight excluding hydrogens is 981 g/mol. The molecule has 81 heavy (non-hydrogen) atoms. The van der Waals surface area contributed by atoms with Crippen molar-refractivity contribution in [3.8, 4) is 0 Å². The van der Waals surface area contributed by atoms with Crippen molar-refractivity contribution in [3.05, 3.63) is 334 Å². The smallest absolute Gasteiger partial charge is 0.201 e. The van der Waals surface area contributed by atoms with Crippen LogP contribution in [-0.4, -0.2) is 29.7 Å². The van der Waals surface area contributed by atoms with Crippen LogP contribution in [0.4, 0.5) is 0 Å². The van der Waals surface area contributed by atoms with Crippen LogP contribution in [0.5, 0.6) is 0 Å². The SMILES string of the molecule is c1ccc(C2=C3c4cc5ccccc5cc4C4=[N+]3C35n6c2c2cc7ccccc7cc2c6C(c2ccccc2)C2c6cc7ccccc7cc6C(=[N+]23)C(c2ccccc2)=c2c3cc6ccccc6cc3c(n25)=C4c2ccccc2)cc1. The molecular formula is C77H46N4+2. The molecule has 4 heteroatoms. The Morgan fingerprint density at radius 2 is 0.741 bits per heavy atom. The minimum Gasteiger partial charge on any atom is -0.201 e. The summed E-state index contributed by atoms with van der Waals surface area (Å²) in [5.74, 6) is -1.19. The fourth-order valence-corrected chi connectivity index (χ4v) is 16.2. The Kier molecular flexibility index (Phi) is 7.90. The van der Waals surface area contributed by atoms with Gasteiger partial charge in [0, 0.05) is 27.1 Å². The first-order chi connectivity index (χ1) is 40.2. The average Bonchev–Trinajstić information content (AvgIpc) is 1.54. The minimum absolute atomic E-state index is 0.115. The Bertz CT molecular complexity index is 5500. The highest BCUT2D eigenvalue weighted by atomic mass is 15.6. The van der Waals surface area contributed by atoms with Gasteiger partial charge in [0.25, 0.3) is 0 Å². The van der Waals surface area contributed by atoms with Gasteiger partial charge in [-0.1, -0.05) is 223 Å². The maximum Gasteiger partial charge on any atom is 0.548 e. The van der Waals surface area contributed by atoms with Crippen LogP contribution in [0.25, 0.3) is 87.1 Å². The van der Waals surface area contributed by atoms with Gasteiger partial charge in [0.2, 0.25) is 23.2 Å². The van der Waals surface area contributed by atoms with Gasteiger partial charge in [-0.05, 0) is 114 Å². The molecule has 0 radical (unpaired) electrons. The lowest BCUT2D eigenvalue weighted by Gasteiger charge is -2.45. The molecule has 6 aliphatic rings. The van der Waals surface area contributed by atoms with Gasteiger partial charge in [-0.15, -0.1) is 4.58 Å². The molecule has 3 unspecified atom stereocenters. The van der Waals surface area contributed by atoms with Crippen molar-refractivity contribution < 1.29 is 9.15 Å². The number of nitrogens with zero attached hydrogens (tertiary/aromatic N) is 4. The van der Waals surface area contributed by atoms with Gasteiger partial charge in [0.1, 0.15) is 0 Å². The Labute approximate surface area is 465 Å². The van der Waals surface area contributed by atoms with Gasteiger partial charge in [0.15, 0.2) is 0 Å². The van der Waals surface area contributed by atoms with E-state index in [1.807, 2.05) is 0 Å². The molecule has 4 nitrogen and oxygen atoms in total. The molecule has 6 aliphatic heterocycles. The van der Waals surface area contributed by atoms with Crippen LogP contribution in [-0.2, 0) is 5.91 Å². The summed E-state index contributed by atoms with van der Waals surface area (Å²) in [7, 11) is 0. The molecule has 2 aromatic heterocycles. The fourth-order valence-electron chi connectivity index (χ4n) is 16.2. The Morgan fingerprint density at radius 3 is 1.27 bits per heavy atom. The van der Waals surface area contributed by atoms with Crippen LogP contribution < -0.4 is 10.7 Å². The van der Waals surface area contributed by atoms with Crippen LogP contribution in [0.2, 0.25) is 0 Å². The molecule has 1 spiro atoms. The van der Waals surface area contributed by atoms with E-state index in [1.165, 1.54) is 165 Å². The zero-order valence-electron chi connectivity index (χ0n) is 43.8. The predicted molar refractivity (Wildman–Crippen MR) is 329 cm³/mol. The van der Waals surface area contributed by atoms with E-state index in [2.05, 4.69) is 285 Å². The second-order valence-electron chi connectivity index (χ2n) is 23.0. The van der Waals surface area contributed by atoms with Crippen LogP contribution in [0.3, 0.4) is 0 Å². The highest BCUT2D eigenvalue weighted by molar-refractivity contribution is 6.36. The van der Waals surface area contributed by atoms with E-state index in [-0.39, 0.29) is 12.0 Å². The zero-order valence-corrected chi connectivity index (χ0v) is 43.8. The molecule has 0 amide bonds. The van der Waals surface area contributed by atoms with Gasteiger partial charge in [-0.25, -0.2) is 4.57 Å². The summed E-state index contributed by atoms with van der Waals surface area (Å²) < 4.78 is 11.7. The van der Waals surface area contributed by atoms with E-state index in [0.717, 1.165) is 0 Å². The average molecular weight is 1030 g/mol. The van der Waals surface area contributed by atoms with Gasteiger partial charge >= 0.3 is 5.91 Å². The highest BCUT2D eigenvalue weighted by Gasteiger charge is 2.78. The third-order valence-electron chi connectivity index (χ3n) is 19.2. The first-order valence-corrected chi connectivity index (χ1v) is 28.5. The molecule has 0 aliphatic carbocycles. The second-order valence-corrected chi connectivity index (χ2v) is 23.0. The third-order valence-corrected chi connectivity index (χ3v) is 19.2. The standard InChI is InChI=1S/C77H46N4/c1-5-21-45(22-6-1)65-69-57-37-49-29-13-15-31-51(49)39-59(57)71-66(46-23-7-2-8-24-46)73-61-41-53-33-17-19-35-55(53)43-63(61)75-68(48-27-11-4-12-28-48)76-64-44-56-36-20-18-34-54(56)42-62(64)74-67(47-25-9-3-10-26-47)72-60-40-52-32-16-14-30-50(52)38-58(60)70(65)79(72)77(78(69)71,80(73)75)81(74)76/h1-44,65,69H/q+2. The summed E-state index contributed by atoms with van der Waals surface area (Å²) in [5.41, 5.74) is 20.1. The lowest BCUT2D eigenvalue weighted by molar-refractivity contribution is -0.862. The number of fused-ring (bicyclic) bond motifs is 16. The fraction of sp³-hybridized carbons (Fsp3) is 0.0390. The maximum atomic E-state index is 2.98. The van der Waals surface area contributed by atoms with Crippen LogP contribution >= 0.6 is 0 Å². The normalized spacial score (nSPS) is 18.7. The van der Waals surface area contributed by atoms with E-state index >= 15 is 0 Å². The lowest BCUT2D eigenvalue weighted by Crippen LogP contribution is -2.72. The Morgan fingerprint density at radius 1 is 0.333 bits per heavy atom. The van der Waals surface area contributed by atoms with E-state index in [4.69, 9.17) is 0 Å². The van der Waals surface area contributed by atoms with Crippen molar-refractivity contribution >= 4 is 98.5 Å². The summed E-state index contributed by atoms with van der Waals surface area (Å²) in [4.78, 5) is 0. The molecule has 0 N–H and O–H groups in total. The number of hydrogen-bond donors (Lipinski definition) is 0. The largest absolute Gasteiger partial charge is 0.548 e. The first kappa shape index (κ1) is 42.6. The molecule has 0 bridgehead atoms. The van der Waals surface area contributed by atoms with Crippen molar-refractivity contribution in [2.24, 2.45) is 0 Å². The highest BCUT2D eigenvalue weighted by Crippen LogP contribution is 2.63. The Balaban J connectivity index is 1.16. The molecule has 0 saturated carbocycles. The van der Waals surface area contributed by atoms with Crippen LogP contribution in [0.1, 0.15) is 67.9 Å². The van der Waals surface area contributed by atoms with Crippen LogP contribution in [0.15, 0.2) is 267 Å². The predicted octanol–water partition coefficient (Wildman–Crippen LogP) is 15.2. The van der Waals surface area contributed by atoms with Crippen molar-refractivity contribution in [2.75, 3.05) is 0 Å². The molecule has 0 saturated heterocycles. The molecule has 20 rings (SSSR count). The van der Waals surface area contributed by atoms with Gasteiger partial charge in [-0.3, -0.25) is 0 Å². The van der Waals surface area contributed by atoms with Crippen molar-refractivity contribution in [1.29, 1.82) is 0 Å². The van der Waals surface area contributed by atoms with E-state index in [1.54, 1.807) is 0 Å². The number of rotatable bonds is 4. The molecule has 12 aromatic carbocycles. The zero-order chi connectivity index (χ0) is 52.4. The van der Waals surface area contributed by atoms with Gasteiger partial charge < -0.3 is 0 Å². The lowest BCUT2D eigenvalue weighted by atomic mass is 9.80. The molecule has 372 valence electrons. The summed E-state index contributed by atoms with van der Waals surface area (Å²) in [6, 6.07) is 102. The number of benzene rings is 12. The minimum atomic E-state index is -1.08. The quantitative estimate of drug-likeness (QED) is 0.156. The summed E-state index contributed by atoms with van der Waals surface area (Å²) >= 11 is 0. The molecule has 3 atom stereocenters. The van der Waals surface area contributed by atoms with E-state index < -0.39 is 5.91 Å². The van der Waals surface area contributed by atoms with Gasteiger partial charge in [0.05, 0.1) is 61.4 Å².